The quantitative estimate of drug-likeness (QED) is 0.519. The molecule has 0 aliphatic carbocycles. The van der Waals surface area contributed by atoms with E-state index < -0.39 is 0 Å². The summed E-state index contributed by atoms with van der Waals surface area (Å²) in [4.78, 5) is 0. The summed E-state index contributed by atoms with van der Waals surface area (Å²) in [6.45, 7) is 13.5. The molecule has 25 heavy (non-hydrogen) atoms. The lowest BCUT2D eigenvalue weighted by molar-refractivity contribution is -0.659. The number of nitrogens with zero attached hydrogens (tertiary/aromatic N) is 1. The van der Waals surface area contributed by atoms with Gasteiger partial charge in [-0.25, -0.2) is 4.57 Å². The standard InChI is InChI=1S/C24H30N/c1-16-12-17(2)18(3)22(13-16)23-21-9-8-19(15-24(4,5)6)14-20(21)10-11-25(23)7/h8-14H,15H2,1-7H3/q+1. The molecule has 0 atom stereocenters. The van der Waals surface area contributed by atoms with E-state index in [2.05, 4.69) is 95.8 Å². The number of rotatable bonds is 2. The Morgan fingerprint density at radius 3 is 2.32 bits per heavy atom. The molecule has 0 fully saturated rings. The average Bonchev–Trinajstić information content (AvgIpc) is 2.50. The molecule has 130 valence electrons. The maximum absolute atomic E-state index is 2.36. The summed E-state index contributed by atoms with van der Waals surface area (Å²) in [5, 5.41) is 2.66. The van der Waals surface area contributed by atoms with Crippen molar-refractivity contribution in [2.45, 2.75) is 48.0 Å². The van der Waals surface area contributed by atoms with E-state index in [1.165, 1.54) is 44.3 Å². The summed E-state index contributed by atoms with van der Waals surface area (Å²) in [6.07, 6.45) is 3.29. The number of fused-ring (bicyclic) bond motifs is 1. The van der Waals surface area contributed by atoms with Gasteiger partial charge in [-0.2, -0.15) is 0 Å². The lowest BCUT2D eigenvalue weighted by Crippen LogP contribution is -2.30. The topological polar surface area (TPSA) is 3.88 Å². The predicted octanol–water partition coefficient (Wildman–Crippen LogP) is 5.85. The van der Waals surface area contributed by atoms with E-state index >= 15 is 0 Å². The minimum Gasteiger partial charge on any atom is -0.200 e. The van der Waals surface area contributed by atoms with Crippen LogP contribution >= 0.6 is 0 Å². The zero-order chi connectivity index (χ0) is 18.4. The zero-order valence-corrected chi connectivity index (χ0v) is 16.7. The third-order valence-corrected chi connectivity index (χ3v) is 5.00. The molecule has 1 nitrogen and oxygen atoms in total. The summed E-state index contributed by atoms with van der Waals surface area (Å²) < 4.78 is 2.26. The lowest BCUT2D eigenvalue weighted by atomic mass is 9.87. The van der Waals surface area contributed by atoms with Gasteiger partial charge in [-0.1, -0.05) is 44.5 Å². The van der Waals surface area contributed by atoms with Crippen molar-refractivity contribution < 1.29 is 4.57 Å². The molecule has 0 bridgehead atoms. The summed E-state index contributed by atoms with van der Waals surface area (Å²) in [6, 6.07) is 13.8. The molecule has 1 heterocycles. The van der Waals surface area contributed by atoms with Crippen LogP contribution in [-0.2, 0) is 13.5 Å². The minimum absolute atomic E-state index is 0.306. The van der Waals surface area contributed by atoms with Crippen molar-refractivity contribution in [3.05, 3.63) is 64.8 Å². The molecular formula is C24H30N+. The predicted molar refractivity (Wildman–Crippen MR) is 108 cm³/mol. The molecule has 0 saturated heterocycles. The van der Waals surface area contributed by atoms with Gasteiger partial charge in [-0.3, -0.25) is 0 Å². The van der Waals surface area contributed by atoms with Crippen LogP contribution in [0.2, 0.25) is 0 Å². The van der Waals surface area contributed by atoms with E-state index in [0.717, 1.165) is 6.42 Å². The van der Waals surface area contributed by atoms with Crippen LogP contribution in [0.25, 0.3) is 22.0 Å². The van der Waals surface area contributed by atoms with Crippen LogP contribution in [0.5, 0.6) is 0 Å². The number of benzene rings is 2. The van der Waals surface area contributed by atoms with Crippen molar-refractivity contribution in [3.8, 4) is 11.3 Å². The third-order valence-electron chi connectivity index (χ3n) is 5.00. The summed E-state index contributed by atoms with van der Waals surface area (Å²) in [5.74, 6) is 0. The first kappa shape index (κ1) is 17.7. The first-order valence-corrected chi connectivity index (χ1v) is 9.15. The number of hydrogen-bond acceptors (Lipinski definition) is 0. The molecule has 0 aliphatic rings. The molecule has 0 N–H and O–H groups in total. The van der Waals surface area contributed by atoms with Crippen molar-refractivity contribution in [1.29, 1.82) is 0 Å². The van der Waals surface area contributed by atoms with Crippen LogP contribution in [0.4, 0.5) is 0 Å². The van der Waals surface area contributed by atoms with E-state index in [1.54, 1.807) is 0 Å². The third kappa shape index (κ3) is 3.61. The average molecular weight is 333 g/mol. The Labute approximate surface area is 152 Å². The van der Waals surface area contributed by atoms with Crippen LogP contribution < -0.4 is 4.57 Å². The lowest BCUT2D eigenvalue weighted by Gasteiger charge is -2.18. The largest absolute Gasteiger partial charge is 0.220 e. The molecule has 0 spiro atoms. The number of pyridine rings is 1. The Morgan fingerprint density at radius 2 is 1.64 bits per heavy atom. The van der Waals surface area contributed by atoms with Gasteiger partial charge in [0.05, 0.1) is 10.9 Å². The Hall–Kier alpha value is -2.15. The molecule has 1 aromatic heterocycles. The van der Waals surface area contributed by atoms with Gasteiger partial charge < -0.3 is 0 Å². The van der Waals surface area contributed by atoms with E-state index in [1.807, 2.05) is 0 Å². The van der Waals surface area contributed by atoms with Gasteiger partial charge >= 0.3 is 0 Å². The second kappa shape index (κ2) is 6.29. The van der Waals surface area contributed by atoms with E-state index in [9.17, 15) is 0 Å². The minimum atomic E-state index is 0.306. The molecule has 0 aliphatic heterocycles. The van der Waals surface area contributed by atoms with Crippen LogP contribution in [0, 0.1) is 26.2 Å². The van der Waals surface area contributed by atoms with Gasteiger partial charge in [0.15, 0.2) is 6.20 Å². The molecule has 1 heteroatoms. The van der Waals surface area contributed by atoms with Gasteiger partial charge in [-0.15, -0.1) is 0 Å². The molecular weight excluding hydrogens is 302 g/mol. The van der Waals surface area contributed by atoms with Gasteiger partial charge in [0.1, 0.15) is 7.05 Å². The zero-order valence-electron chi connectivity index (χ0n) is 16.7. The maximum Gasteiger partial charge on any atom is 0.220 e. The van der Waals surface area contributed by atoms with Gasteiger partial charge in [0, 0.05) is 6.07 Å². The molecule has 0 amide bonds. The van der Waals surface area contributed by atoms with E-state index in [-0.39, 0.29) is 0 Å². The van der Waals surface area contributed by atoms with E-state index in [4.69, 9.17) is 0 Å². The SMILES string of the molecule is Cc1cc(C)c(C)c(-c2c3ccc(CC(C)(C)C)cc3cc[n+]2C)c1. The highest BCUT2D eigenvalue weighted by Gasteiger charge is 2.19. The second-order valence-electron chi connectivity index (χ2n) is 8.69. The molecule has 0 saturated carbocycles. The van der Waals surface area contributed by atoms with Gasteiger partial charge in [0.2, 0.25) is 5.69 Å². The smallest absolute Gasteiger partial charge is 0.200 e. The van der Waals surface area contributed by atoms with Gasteiger partial charge in [-0.05, 0) is 66.8 Å². The number of hydrogen-bond donors (Lipinski definition) is 0. The van der Waals surface area contributed by atoms with Crippen LogP contribution in [0.1, 0.15) is 43.0 Å². The van der Waals surface area contributed by atoms with Crippen LogP contribution in [-0.4, -0.2) is 0 Å². The number of aryl methyl sites for hydroxylation is 3. The fourth-order valence-electron chi connectivity index (χ4n) is 3.77. The Morgan fingerprint density at radius 1 is 0.920 bits per heavy atom. The first-order valence-electron chi connectivity index (χ1n) is 9.15. The summed E-state index contributed by atoms with van der Waals surface area (Å²) >= 11 is 0. The first-order chi connectivity index (χ1) is 11.7. The second-order valence-corrected chi connectivity index (χ2v) is 8.69. The summed E-state index contributed by atoms with van der Waals surface area (Å²) in [5.41, 5.74) is 8.42. The van der Waals surface area contributed by atoms with Crippen molar-refractivity contribution in [3.63, 3.8) is 0 Å². The van der Waals surface area contributed by atoms with E-state index in [0.29, 0.717) is 5.41 Å². The highest BCUT2D eigenvalue weighted by atomic mass is 14.9. The van der Waals surface area contributed by atoms with Crippen molar-refractivity contribution >= 4 is 10.8 Å². The Kier molecular flexibility index (Phi) is 4.45. The molecule has 0 radical (unpaired) electrons. The normalized spacial score (nSPS) is 12.0. The molecule has 0 unspecified atom stereocenters. The highest BCUT2D eigenvalue weighted by Crippen LogP contribution is 2.31. The van der Waals surface area contributed by atoms with Crippen LogP contribution in [0.3, 0.4) is 0 Å². The fourth-order valence-corrected chi connectivity index (χ4v) is 3.77. The number of aromatic nitrogens is 1. The Bertz CT molecular complexity index is 942. The summed E-state index contributed by atoms with van der Waals surface area (Å²) in [7, 11) is 2.15. The Balaban J connectivity index is 2.24. The fraction of sp³-hybridized carbons (Fsp3) is 0.375. The molecule has 2 aromatic carbocycles. The van der Waals surface area contributed by atoms with Crippen molar-refractivity contribution in [1.82, 2.24) is 0 Å². The van der Waals surface area contributed by atoms with Crippen molar-refractivity contribution in [2.24, 2.45) is 12.5 Å². The van der Waals surface area contributed by atoms with Crippen molar-refractivity contribution in [2.75, 3.05) is 0 Å². The molecule has 3 rings (SSSR count). The monoisotopic (exact) mass is 332 g/mol. The van der Waals surface area contributed by atoms with Crippen LogP contribution in [0.15, 0.2) is 42.6 Å². The maximum atomic E-state index is 2.36. The highest BCUT2D eigenvalue weighted by molar-refractivity contribution is 5.94. The molecule has 3 aromatic rings. The van der Waals surface area contributed by atoms with Gasteiger partial charge in [0.25, 0.3) is 0 Å².